The average molecular weight is 488 g/mol. The summed E-state index contributed by atoms with van der Waals surface area (Å²) in [6.45, 7) is 7.25. The zero-order valence-corrected chi connectivity index (χ0v) is 18.8. The van der Waals surface area contributed by atoms with Crippen LogP contribution in [0, 0.1) is 13.8 Å². The maximum atomic E-state index is 11.8. The maximum Gasteiger partial charge on any atom is 0.287 e. The number of hydrogen-bond donors (Lipinski definition) is 3. The van der Waals surface area contributed by atoms with Gasteiger partial charge in [0.05, 0.1) is 12.0 Å². The molecule has 9 heteroatoms. The third kappa shape index (κ3) is 6.56. The molecule has 1 atom stereocenters. The van der Waals surface area contributed by atoms with Crippen LogP contribution in [0.1, 0.15) is 34.4 Å². The Morgan fingerprint density at radius 2 is 2.04 bits per heavy atom. The van der Waals surface area contributed by atoms with Crippen molar-refractivity contribution in [3.8, 4) is 0 Å². The number of hydrogen-bond acceptors (Lipinski definition) is 4. The second-order valence-corrected chi connectivity index (χ2v) is 6.25. The molecule has 1 unspecified atom stereocenters. The highest BCUT2D eigenvalue weighted by Gasteiger charge is 2.14. The predicted octanol–water partition coefficient (Wildman–Crippen LogP) is 1.77. The minimum atomic E-state index is -0.226. The fourth-order valence-corrected chi connectivity index (χ4v) is 2.75. The number of nitrogens with one attached hydrogen (secondary N) is 3. The van der Waals surface area contributed by atoms with Gasteiger partial charge < -0.3 is 20.4 Å². The molecule has 27 heavy (non-hydrogen) atoms. The van der Waals surface area contributed by atoms with E-state index in [1.54, 1.807) is 19.2 Å². The first-order chi connectivity index (χ1) is 12.4. The summed E-state index contributed by atoms with van der Waals surface area (Å²) in [5.41, 5.74) is 3.50. The number of aromatic nitrogens is 2. The number of aryl methyl sites for hydroxylation is 2. The van der Waals surface area contributed by atoms with Gasteiger partial charge in [0.2, 0.25) is 0 Å². The molecule has 0 saturated carbocycles. The van der Waals surface area contributed by atoms with Gasteiger partial charge in [-0.05, 0) is 44.9 Å². The summed E-state index contributed by atoms with van der Waals surface area (Å²) in [6, 6.07) is 3.51. The molecule has 8 nitrogen and oxygen atoms in total. The van der Waals surface area contributed by atoms with Gasteiger partial charge in [-0.15, -0.1) is 24.0 Å². The van der Waals surface area contributed by atoms with Gasteiger partial charge in [-0.2, -0.15) is 5.10 Å². The van der Waals surface area contributed by atoms with Gasteiger partial charge in [0.15, 0.2) is 11.7 Å². The maximum absolute atomic E-state index is 11.8. The van der Waals surface area contributed by atoms with E-state index in [-0.39, 0.29) is 35.9 Å². The summed E-state index contributed by atoms with van der Waals surface area (Å²) < 4.78 is 6.96. The van der Waals surface area contributed by atoms with Crippen LogP contribution in [0.4, 0.5) is 0 Å². The number of rotatable bonds is 7. The minimum Gasteiger partial charge on any atom is -0.459 e. The monoisotopic (exact) mass is 488 g/mol. The normalized spacial score (nSPS) is 12.3. The smallest absolute Gasteiger partial charge is 0.287 e. The minimum absolute atomic E-state index is 0. The van der Waals surface area contributed by atoms with Crippen LogP contribution in [-0.2, 0) is 13.5 Å². The first kappa shape index (κ1) is 23.0. The van der Waals surface area contributed by atoms with Gasteiger partial charge in [0, 0.05) is 38.9 Å². The van der Waals surface area contributed by atoms with Crippen molar-refractivity contribution < 1.29 is 9.21 Å². The Labute approximate surface area is 177 Å². The van der Waals surface area contributed by atoms with Gasteiger partial charge in [-0.25, -0.2) is 0 Å². The molecule has 2 heterocycles. The molecule has 1 amide bonds. The molecular formula is C18H29IN6O2. The van der Waals surface area contributed by atoms with Crippen LogP contribution in [0.25, 0.3) is 0 Å². The fourth-order valence-electron chi connectivity index (χ4n) is 2.75. The van der Waals surface area contributed by atoms with E-state index in [1.165, 1.54) is 17.5 Å². The van der Waals surface area contributed by atoms with Gasteiger partial charge >= 0.3 is 0 Å². The highest BCUT2D eigenvalue weighted by molar-refractivity contribution is 14.0. The summed E-state index contributed by atoms with van der Waals surface area (Å²) >= 11 is 0. The van der Waals surface area contributed by atoms with Crippen LogP contribution in [0.2, 0.25) is 0 Å². The summed E-state index contributed by atoms with van der Waals surface area (Å²) in [5.74, 6) is 0.780. The fraction of sp³-hybridized carbons (Fsp3) is 0.500. The van der Waals surface area contributed by atoms with Gasteiger partial charge in [0.1, 0.15) is 0 Å². The van der Waals surface area contributed by atoms with Crippen molar-refractivity contribution in [2.24, 2.45) is 12.0 Å². The van der Waals surface area contributed by atoms with E-state index >= 15 is 0 Å². The zero-order valence-electron chi connectivity index (χ0n) is 16.5. The summed E-state index contributed by atoms with van der Waals surface area (Å²) in [4.78, 5) is 16.0. The Morgan fingerprint density at radius 3 is 2.59 bits per heavy atom. The molecule has 3 N–H and O–H groups in total. The lowest BCUT2D eigenvalue weighted by atomic mass is 10.1. The van der Waals surface area contributed by atoms with Crippen molar-refractivity contribution in [2.75, 3.05) is 20.1 Å². The lowest BCUT2D eigenvalue weighted by Gasteiger charge is -2.18. The molecule has 0 radical (unpaired) electrons. The van der Waals surface area contributed by atoms with Crippen molar-refractivity contribution in [1.29, 1.82) is 0 Å². The number of aliphatic imine (C=N–C) groups is 1. The number of guanidine groups is 1. The zero-order chi connectivity index (χ0) is 19.1. The first-order valence-electron chi connectivity index (χ1n) is 8.70. The first-order valence-corrected chi connectivity index (χ1v) is 8.70. The van der Waals surface area contributed by atoms with E-state index < -0.39 is 0 Å². The Balaban J connectivity index is 0.00000364. The van der Waals surface area contributed by atoms with Gasteiger partial charge in [-0.1, -0.05) is 0 Å². The summed E-state index contributed by atoms with van der Waals surface area (Å²) in [5, 5.41) is 13.8. The number of furan rings is 1. The van der Waals surface area contributed by atoms with Crippen molar-refractivity contribution in [3.05, 3.63) is 41.1 Å². The Bertz CT molecular complexity index is 754. The van der Waals surface area contributed by atoms with Crippen LogP contribution in [-0.4, -0.2) is 47.8 Å². The third-order valence-electron chi connectivity index (χ3n) is 4.22. The van der Waals surface area contributed by atoms with Gasteiger partial charge in [0.25, 0.3) is 5.91 Å². The van der Waals surface area contributed by atoms with E-state index in [0.29, 0.717) is 24.8 Å². The van der Waals surface area contributed by atoms with Crippen molar-refractivity contribution in [3.63, 3.8) is 0 Å². The molecule has 2 rings (SSSR count). The van der Waals surface area contributed by atoms with Gasteiger partial charge in [-0.3, -0.25) is 14.5 Å². The van der Waals surface area contributed by atoms with Crippen molar-refractivity contribution in [2.45, 2.75) is 33.2 Å². The highest BCUT2D eigenvalue weighted by atomic mass is 127. The van der Waals surface area contributed by atoms with Crippen LogP contribution < -0.4 is 16.0 Å². The molecule has 0 aliphatic carbocycles. The molecule has 0 aromatic carbocycles. The SMILES string of the molecule is CN=C(NCCNC(=O)c1ccco1)NC(C)Cc1c(C)nn(C)c1C.I. The highest BCUT2D eigenvalue weighted by Crippen LogP contribution is 2.14. The van der Waals surface area contributed by atoms with E-state index in [4.69, 9.17) is 4.42 Å². The van der Waals surface area contributed by atoms with E-state index in [0.717, 1.165) is 12.1 Å². The molecule has 0 saturated heterocycles. The summed E-state index contributed by atoms with van der Waals surface area (Å²) in [7, 11) is 3.69. The number of carbonyl (C=O) groups excluding carboxylic acids is 1. The molecule has 0 aliphatic heterocycles. The van der Waals surface area contributed by atoms with E-state index in [9.17, 15) is 4.79 Å². The molecular weight excluding hydrogens is 459 g/mol. The molecule has 0 fully saturated rings. The number of nitrogens with zero attached hydrogens (tertiary/aromatic N) is 3. The Hall–Kier alpha value is -2.04. The lowest BCUT2D eigenvalue weighted by Crippen LogP contribution is -2.45. The van der Waals surface area contributed by atoms with Crippen molar-refractivity contribution >= 4 is 35.8 Å². The van der Waals surface area contributed by atoms with Crippen LogP contribution >= 0.6 is 24.0 Å². The Kier molecular flexibility index (Phi) is 9.33. The van der Waals surface area contributed by atoms with Crippen LogP contribution in [0.5, 0.6) is 0 Å². The molecule has 2 aromatic rings. The molecule has 150 valence electrons. The van der Waals surface area contributed by atoms with E-state index in [2.05, 4.69) is 39.9 Å². The average Bonchev–Trinajstić information content (AvgIpc) is 3.22. The number of amides is 1. The molecule has 2 aromatic heterocycles. The standard InChI is InChI=1S/C18H28N6O2.HI/c1-12(11-15-13(2)23-24(5)14(15)3)22-18(19-4)21-9-8-20-17(25)16-7-6-10-26-16;/h6-7,10,12H,8-9,11H2,1-5H3,(H,20,25)(H2,19,21,22);1H. The second-order valence-electron chi connectivity index (χ2n) is 6.25. The van der Waals surface area contributed by atoms with E-state index in [1.807, 2.05) is 18.7 Å². The largest absolute Gasteiger partial charge is 0.459 e. The van der Waals surface area contributed by atoms with Crippen LogP contribution in [0.15, 0.2) is 27.8 Å². The quantitative estimate of drug-likeness (QED) is 0.239. The Morgan fingerprint density at radius 1 is 1.33 bits per heavy atom. The molecule has 0 aliphatic rings. The predicted molar refractivity (Wildman–Crippen MR) is 117 cm³/mol. The van der Waals surface area contributed by atoms with Crippen molar-refractivity contribution in [1.82, 2.24) is 25.7 Å². The second kappa shape index (κ2) is 11.0. The molecule has 0 spiro atoms. The number of carbonyl (C=O) groups is 1. The molecule has 0 bridgehead atoms. The third-order valence-corrected chi connectivity index (χ3v) is 4.22. The topological polar surface area (TPSA) is 96.5 Å². The summed E-state index contributed by atoms with van der Waals surface area (Å²) in [6.07, 6.45) is 2.34. The number of halogens is 1. The van der Waals surface area contributed by atoms with Crippen LogP contribution in [0.3, 0.4) is 0 Å². The lowest BCUT2D eigenvalue weighted by molar-refractivity contribution is 0.0926.